The highest BCUT2D eigenvalue weighted by atomic mass is 16.5. The molecule has 0 aromatic rings. The highest BCUT2D eigenvalue weighted by Crippen LogP contribution is 2.04. The molecule has 0 saturated heterocycles. The number of allylic oxidation sites excluding steroid dienone is 1. The summed E-state index contributed by atoms with van der Waals surface area (Å²) in [6, 6.07) is 0. The predicted molar refractivity (Wildman–Crippen MR) is 48.8 cm³/mol. The van der Waals surface area contributed by atoms with Crippen molar-refractivity contribution in [2.24, 2.45) is 0 Å². The minimum absolute atomic E-state index is 0.0461. The summed E-state index contributed by atoms with van der Waals surface area (Å²) in [4.78, 5) is 21.9. The Hall–Kier alpha value is -1.45. The normalized spacial score (nSPS) is 9.08. The molecule has 0 bridgehead atoms. The average Bonchev–Trinajstić information content (AvgIpc) is 2.14. The molecule has 4 nitrogen and oxygen atoms in total. The van der Waals surface area contributed by atoms with E-state index < -0.39 is 17.5 Å². The fourth-order valence-corrected chi connectivity index (χ4v) is 0.656. The smallest absolute Gasteiger partial charge is 0.359 e. The first kappa shape index (κ1) is 11.6. The van der Waals surface area contributed by atoms with Crippen molar-refractivity contribution in [3.8, 4) is 0 Å². The zero-order chi connectivity index (χ0) is 10.4. The van der Waals surface area contributed by atoms with Crippen LogP contribution in [-0.4, -0.2) is 24.6 Å². The number of hydrogen-bond donors (Lipinski definition) is 1. The molecule has 0 fully saturated rings. The topological polar surface area (TPSA) is 67.2 Å². The molecule has 0 atom stereocenters. The van der Waals surface area contributed by atoms with Crippen molar-refractivity contribution in [1.29, 1.82) is 5.41 Å². The predicted octanol–water partition coefficient (Wildman–Crippen LogP) is 1.10. The lowest BCUT2D eigenvalue weighted by Crippen LogP contribution is -2.24. The molecule has 0 radical (unpaired) electrons. The van der Waals surface area contributed by atoms with Crippen LogP contribution in [0.3, 0.4) is 0 Å². The van der Waals surface area contributed by atoms with E-state index in [2.05, 4.69) is 11.3 Å². The highest BCUT2D eigenvalue weighted by Gasteiger charge is 2.18. The molecule has 0 heterocycles. The van der Waals surface area contributed by atoms with E-state index in [4.69, 9.17) is 5.41 Å². The number of rotatable bonds is 5. The molecule has 72 valence electrons. The molecule has 13 heavy (non-hydrogen) atoms. The molecule has 0 amide bonds. The maximum Gasteiger partial charge on any atom is 0.359 e. The Labute approximate surface area is 77.1 Å². The van der Waals surface area contributed by atoms with Gasteiger partial charge in [-0.3, -0.25) is 10.2 Å². The Morgan fingerprint density at radius 2 is 2.00 bits per heavy atom. The third-order valence-electron chi connectivity index (χ3n) is 1.58. The van der Waals surface area contributed by atoms with E-state index in [-0.39, 0.29) is 6.42 Å². The summed E-state index contributed by atoms with van der Waals surface area (Å²) in [5, 5.41) is 7.10. The number of ether oxygens (including phenoxy) is 1. The van der Waals surface area contributed by atoms with Crippen LogP contribution < -0.4 is 0 Å². The van der Waals surface area contributed by atoms with Gasteiger partial charge in [-0.15, -0.1) is 0 Å². The summed E-state index contributed by atoms with van der Waals surface area (Å²) in [5.41, 5.74) is 0.0933. The van der Waals surface area contributed by atoms with E-state index in [9.17, 15) is 9.59 Å². The lowest BCUT2D eigenvalue weighted by molar-refractivity contribution is -0.133. The summed E-state index contributed by atoms with van der Waals surface area (Å²) in [5.74, 6) is -1.44. The Morgan fingerprint density at radius 3 is 2.38 bits per heavy atom. The van der Waals surface area contributed by atoms with Crippen molar-refractivity contribution >= 4 is 17.5 Å². The summed E-state index contributed by atoms with van der Waals surface area (Å²) in [6.45, 7) is 5.47. The van der Waals surface area contributed by atoms with Gasteiger partial charge in [-0.2, -0.15) is 0 Å². The molecule has 4 heteroatoms. The number of carbonyl (C=O) groups excluding carboxylic acids is 2. The van der Waals surface area contributed by atoms with Crippen LogP contribution in [0, 0.1) is 5.41 Å². The van der Waals surface area contributed by atoms with Crippen LogP contribution in [0.2, 0.25) is 0 Å². The van der Waals surface area contributed by atoms with E-state index in [1.54, 1.807) is 0 Å². The fraction of sp³-hybridized carbons (Fsp3) is 0.444. The first-order valence-corrected chi connectivity index (χ1v) is 3.89. The van der Waals surface area contributed by atoms with Crippen molar-refractivity contribution in [3.63, 3.8) is 0 Å². The van der Waals surface area contributed by atoms with Crippen molar-refractivity contribution in [3.05, 3.63) is 12.2 Å². The second-order valence-electron chi connectivity index (χ2n) is 2.57. The van der Waals surface area contributed by atoms with E-state index >= 15 is 0 Å². The first-order chi connectivity index (χ1) is 6.02. The van der Waals surface area contributed by atoms with Gasteiger partial charge in [0.1, 0.15) is 0 Å². The van der Waals surface area contributed by atoms with Gasteiger partial charge in [0.25, 0.3) is 0 Å². The van der Waals surface area contributed by atoms with Crippen molar-refractivity contribution in [2.45, 2.75) is 19.8 Å². The monoisotopic (exact) mass is 183 g/mol. The van der Waals surface area contributed by atoms with Crippen LogP contribution in [0.5, 0.6) is 0 Å². The van der Waals surface area contributed by atoms with Gasteiger partial charge in [-0.05, 0) is 6.42 Å². The van der Waals surface area contributed by atoms with Crippen molar-refractivity contribution in [2.75, 3.05) is 7.11 Å². The maximum atomic E-state index is 11.1. The zero-order valence-corrected chi connectivity index (χ0v) is 7.85. The van der Waals surface area contributed by atoms with Crippen LogP contribution in [0.15, 0.2) is 12.2 Å². The third-order valence-corrected chi connectivity index (χ3v) is 1.58. The quantitative estimate of drug-likeness (QED) is 0.300. The molecule has 0 spiro atoms. The molecular weight excluding hydrogens is 170 g/mol. The Morgan fingerprint density at radius 1 is 1.46 bits per heavy atom. The van der Waals surface area contributed by atoms with Gasteiger partial charge in [-0.1, -0.05) is 19.1 Å². The number of esters is 1. The number of nitrogens with one attached hydrogen (secondary N) is 1. The summed E-state index contributed by atoms with van der Waals surface area (Å²) in [6.07, 6.45) is 0.713. The van der Waals surface area contributed by atoms with Crippen LogP contribution in [-0.2, 0) is 14.3 Å². The van der Waals surface area contributed by atoms with E-state index in [1.807, 2.05) is 6.92 Å². The van der Waals surface area contributed by atoms with Gasteiger partial charge in [0.2, 0.25) is 0 Å². The Balaban J connectivity index is 4.20. The standard InChI is InChI=1S/C9H13NO3/c1-4-6(2)5-7(11)8(10)9(12)13-3/h10H,2,4-5H2,1,3H3. The number of hydrogen-bond acceptors (Lipinski definition) is 4. The van der Waals surface area contributed by atoms with E-state index in [0.29, 0.717) is 12.0 Å². The van der Waals surface area contributed by atoms with Gasteiger partial charge < -0.3 is 4.74 Å². The minimum atomic E-state index is -0.895. The van der Waals surface area contributed by atoms with E-state index in [0.717, 1.165) is 7.11 Å². The number of methoxy groups -OCH3 is 1. The van der Waals surface area contributed by atoms with Gasteiger partial charge in [0.05, 0.1) is 7.11 Å². The van der Waals surface area contributed by atoms with Gasteiger partial charge in [0, 0.05) is 6.42 Å². The largest absolute Gasteiger partial charge is 0.464 e. The molecule has 0 aliphatic heterocycles. The average molecular weight is 183 g/mol. The zero-order valence-electron chi connectivity index (χ0n) is 7.85. The van der Waals surface area contributed by atoms with Crippen LogP contribution in [0.4, 0.5) is 0 Å². The lowest BCUT2D eigenvalue weighted by atomic mass is 10.1. The van der Waals surface area contributed by atoms with Crippen LogP contribution in [0.1, 0.15) is 19.8 Å². The number of carbonyl (C=O) groups is 2. The Kier molecular flexibility index (Phi) is 4.66. The summed E-state index contributed by atoms with van der Waals surface area (Å²) in [7, 11) is 1.14. The van der Waals surface area contributed by atoms with Gasteiger partial charge in [-0.25, -0.2) is 4.79 Å². The van der Waals surface area contributed by atoms with Crippen LogP contribution in [0.25, 0.3) is 0 Å². The van der Waals surface area contributed by atoms with Gasteiger partial charge in [0.15, 0.2) is 11.5 Å². The molecule has 0 unspecified atom stereocenters. The lowest BCUT2D eigenvalue weighted by Gasteiger charge is -2.01. The fourth-order valence-electron chi connectivity index (χ4n) is 0.656. The van der Waals surface area contributed by atoms with Crippen molar-refractivity contribution < 1.29 is 14.3 Å². The molecule has 0 aromatic carbocycles. The third kappa shape index (κ3) is 3.64. The Bertz CT molecular complexity index is 256. The molecule has 0 rings (SSSR count). The molecule has 0 aromatic heterocycles. The number of ketones is 1. The molecule has 0 aliphatic rings. The highest BCUT2D eigenvalue weighted by molar-refractivity contribution is 6.63. The number of Topliss-reactive ketones (excluding diaryl/α,β-unsaturated/α-hetero) is 1. The second kappa shape index (κ2) is 5.24. The van der Waals surface area contributed by atoms with Crippen molar-refractivity contribution in [1.82, 2.24) is 0 Å². The molecular formula is C9H13NO3. The van der Waals surface area contributed by atoms with Crippen LogP contribution >= 0.6 is 0 Å². The molecule has 1 N–H and O–H groups in total. The summed E-state index contributed by atoms with van der Waals surface area (Å²) < 4.78 is 4.23. The maximum absolute atomic E-state index is 11.1. The minimum Gasteiger partial charge on any atom is -0.464 e. The second-order valence-corrected chi connectivity index (χ2v) is 2.57. The summed E-state index contributed by atoms with van der Waals surface area (Å²) >= 11 is 0. The van der Waals surface area contributed by atoms with Gasteiger partial charge >= 0.3 is 5.97 Å². The molecule has 0 aliphatic carbocycles. The SMILES string of the molecule is C=C(CC)CC(=O)C(=N)C(=O)OC. The first-order valence-electron chi connectivity index (χ1n) is 3.89. The van der Waals surface area contributed by atoms with E-state index in [1.165, 1.54) is 0 Å². The molecule has 0 saturated carbocycles.